The number of hydrogen-bond acceptors (Lipinski definition) is 3. The summed E-state index contributed by atoms with van der Waals surface area (Å²) in [6, 6.07) is 15.3. The van der Waals surface area contributed by atoms with Crippen LogP contribution in [0.4, 0.5) is 11.4 Å². The molecule has 8 heteroatoms. The van der Waals surface area contributed by atoms with Gasteiger partial charge in [-0.3, -0.25) is 0 Å². The first-order chi connectivity index (χ1) is 27.2. The van der Waals surface area contributed by atoms with Gasteiger partial charge in [-0.2, -0.15) is 0 Å². The highest BCUT2D eigenvalue weighted by molar-refractivity contribution is 7.80. The maximum absolute atomic E-state index is 5.40. The van der Waals surface area contributed by atoms with Crippen LogP contribution >= 0.6 is 12.2 Å². The number of thiocarbonyl (C=S) groups is 1. The van der Waals surface area contributed by atoms with Crippen molar-refractivity contribution in [1.82, 2.24) is 0 Å². The van der Waals surface area contributed by atoms with Crippen LogP contribution in [0.5, 0.6) is 11.5 Å². The quantitative estimate of drug-likeness (QED) is 0.0607. The van der Waals surface area contributed by atoms with Crippen molar-refractivity contribution in [3.63, 3.8) is 0 Å². The highest BCUT2D eigenvalue weighted by atomic mass is 32.1. The van der Waals surface area contributed by atoms with Crippen molar-refractivity contribution < 1.29 is 23.9 Å². The molecule has 0 aliphatic rings. The van der Waals surface area contributed by atoms with Crippen LogP contribution in [-0.4, -0.2) is 85.1 Å². The highest BCUT2D eigenvalue weighted by Crippen LogP contribution is 2.20. The number of hydrogen-bond donors (Lipinski definition) is 2. The second-order valence-electron chi connectivity index (χ2n) is 15.8. The zero-order chi connectivity index (χ0) is 41.8. The van der Waals surface area contributed by atoms with Crippen LogP contribution < -0.4 is 20.1 Å². The number of unbranched alkanes of at least 4 members (excludes halogenated alkanes) is 8. The van der Waals surface area contributed by atoms with E-state index in [-0.39, 0.29) is 5.48 Å². The van der Waals surface area contributed by atoms with Crippen molar-refractivity contribution >= 4 is 28.7 Å². The molecule has 7 nitrogen and oxygen atoms in total. The van der Waals surface area contributed by atoms with Crippen LogP contribution in [-0.2, 0) is 0 Å². The lowest BCUT2D eigenvalue weighted by atomic mass is 10.1. The smallest absolute Gasteiger partial charge is 0.175 e. The third-order valence-corrected chi connectivity index (χ3v) is 10.9. The SMILES string of the molecule is CCCC[N+](CCCC)(CCCC)CCCC.CCCC[N+](CCCC)(CCCC)CCCC.CCOc1ccc(NC(=S)Nc2ccc(OCC)cc2)cc1.O. The average molecular weight is 819 g/mol. The number of nitrogens with one attached hydrogen (secondary N) is 2. The summed E-state index contributed by atoms with van der Waals surface area (Å²) >= 11 is 5.30. The van der Waals surface area contributed by atoms with Gasteiger partial charge in [0.05, 0.1) is 65.6 Å². The molecule has 0 spiro atoms. The summed E-state index contributed by atoms with van der Waals surface area (Å²) in [4.78, 5) is 0. The Balaban J connectivity index is 0. The molecule has 0 bridgehead atoms. The standard InChI is InChI=1S/C17H20N2O2S.2C16H36N.H2O/c1-3-20-15-9-5-13(6-10-15)18-17(22)19-14-7-11-16(12-8-14)21-4-2;2*1-5-9-13-17(14-10-6-2,15-11-7-3)16-12-8-4;/h5-12H,3-4H2,1-2H3,(H2,18,19,22);2*5-16H2,1-4H3;1H2/q;2*+1;. The highest BCUT2D eigenvalue weighted by Gasteiger charge is 2.25. The molecule has 0 heterocycles. The molecule has 0 aliphatic carbocycles. The number of ether oxygens (including phenoxy) is 2. The van der Waals surface area contributed by atoms with E-state index >= 15 is 0 Å². The molecule has 2 rings (SSSR count). The van der Waals surface area contributed by atoms with Gasteiger partial charge in [0.15, 0.2) is 5.11 Å². The Kier molecular flexibility index (Phi) is 37.7. The number of anilines is 2. The van der Waals surface area contributed by atoms with E-state index in [4.69, 9.17) is 21.7 Å². The van der Waals surface area contributed by atoms with E-state index in [2.05, 4.69) is 66.0 Å². The van der Waals surface area contributed by atoms with Gasteiger partial charge in [0, 0.05) is 11.4 Å². The first kappa shape index (κ1) is 56.7. The van der Waals surface area contributed by atoms with Gasteiger partial charge in [-0.15, -0.1) is 0 Å². The maximum atomic E-state index is 5.40. The Morgan fingerprint density at radius 1 is 0.404 bits per heavy atom. The molecule has 57 heavy (non-hydrogen) atoms. The fourth-order valence-corrected chi connectivity index (χ4v) is 7.42. The summed E-state index contributed by atoms with van der Waals surface area (Å²) < 4.78 is 13.6. The summed E-state index contributed by atoms with van der Waals surface area (Å²) in [6.45, 7) is 35.3. The second-order valence-corrected chi connectivity index (χ2v) is 16.2. The molecule has 0 amide bonds. The fraction of sp³-hybridized carbons (Fsp3) is 0.735. The Bertz CT molecular complexity index is 998. The van der Waals surface area contributed by atoms with Crippen LogP contribution in [0.2, 0.25) is 0 Å². The molecule has 0 aliphatic heterocycles. The Morgan fingerprint density at radius 2 is 0.614 bits per heavy atom. The molecular weight excluding hydrogens is 725 g/mol. The van der Waals surface area contributed by atoms with Crippen molar-refractivity contribution in [1.29, 1.82) is 0 Å². The molecular formula is C49H94N4O3S+2. The predicted octanol–water partition coefficient (Wildman–Crippen LogP) is 13.5. The van der Waals surface area contributed by atoms with Gasteiger partial charge in [-0.05, 0) is 126 Å². The summed E-state index contributed by atoms with van der Waals surface area (Å²) in [5, 5.41) is 6.80. The summed E-state index contributed by atoms with van der Waals surface area (Å²) in [7, 11) is 0. The van der Waals surface area contributed by atoms with Crippen molar-refractivity contribution in [2.75, 3.05) is 76.2 Å². The topological polar surface area (TPSA) is 74.0 Å². The second kappa shape index (κ2) is 37.9. The first-order valence-electron chi connectivity index (χ1n) is 23.4. The van der Waals surface area contributed by atoms with Crippen LogP contribution in [0.3, 0.4) is 0 Å². The van der Waals surface area contributed by atoms with Gasteiger partial charge in [-0.1, -0.05) is 107 Å². The molecule has 0 aromatic heterocycles. The molecule has 0 fully saturated rings. The van der Waals surface area contributed by atoms with Crippen LogP contribution in [0.1, 0.15) is 172 Å². The zero-order valence-corrected chi connectivity index (χ0v) is 39.9. The minimum Gasteiger partial charge on any atom is -0.494 e. The van der Waals surface area contributed by atoms with E-state index in [9.17, 15) is 0 Å². The molecule has 332 valence electrons. The molecule has 0 atom stereocenters. The Labute approximate surface area is 359 Å². The van der Waals surface area contributed by atoms with Crippen molar-refractivity contribution in [2.24, 2.45) is 0 Å². The van der Waals surface area contributed by atoms with Gasteiger partial charge in [0.1, 0.15) is 11.5 Å². The number of rotatable bonds is 30. The number of quaternary nitrogens is 2. The van der Waals surface area contributed by atoms with Gasteiger partial charge >= 0.3 is 0 Å². The van der Waals surface area contributed by atoms with E-state index < -0.39 is 0 Å². The largest absolute Gasteiger partial charge is 0.494 e. The molecule has 0 unspecified atom stereocenters. The minimum absolute atomic E-state index is 0. The lowest BCUT2D eigenvalue weighted by Crippen LogP contribution is -2.50. The molecule has 2 aromatic rings. The maximum Gasteiger partial charge on any atom is 0.175 e. The van der Waals surface area contributed by atoms with Gasteiger partial charge in [0.25, 0.3) is 0 Å². The predicted molar refractivity (Wildman–Crippen MR) is 257 cm³/mol. The molecule has 4 N–H and O–H groups in total. The number of nitrogens with zero attached hydrogens (tertiary/aromatic N) is 2. The van der Waals surface area contributed by atoms with E-state index in [0.717, 1.165) is 22.9 Å². The Morgan fingerprint density at radius 3 is 0.789 bits per heavy atom. The van der Waals surface area contributed by atoms with Gasteiger partial charge < -0.3 is 34.5 Å². The lowest BCUT2D eigenvalue weighted by Gasteiger charge is -2.39. The Hall–Kier alpha value is -2.39. The summed E-state index contributed by atoms with van der Waals surface area (Å²) in [5.74, 6) is 1.69. The van der Waals surface area contributed by atoms with Crippen molar-refractivity contribution in [3.05, 3.63) is 48.5 Å². The van der Waals surface area contributed by atoms with E-state index in [1.54, 1.807) is 0 Å². The molecule has 0 radical (unpaired) electrons. The monoisotopic (exact) mass is 819 g/mol. The molecule has 0 saturated heterocycles. The molecule has 2 aromatic carbocycles. The summed E-state index contributed by atoms with van der Waals surface area (Å²) in [6.07, 6.45) is 22.1. The van der Waals surface area contributed by atoms with Crippen molar-refractivity contribution in [2.45, 2.75) is 172 Å². The summed E-state index contributed by atoms with van der Waals surface area (Å²) in [5.41, 5.74) is 1.82. The van der Waals surface area contributed by atoms with E-state index in [1.807, 2.05) is 62.4 Å². The lowest BCUT2D eigenvalue weighted by molar-refractivity contribution is -0.929. The first-order valence-corrected chi connectivity index (χ1v) is 23.8. The third-order valence-electron chi connectivity index (χ3n) is 10.7. The van der Waals surface area contributed by atoms with E-state index in [1.165, 1.54) is 164 Å². The van der Waals surface area contributed by atoms with Gasteiger partial charge in [0.2, 0.25) is 0 Å². The number of benzene rings is 2. The fourth-order valence-electron chi connectivity index (χ4n) is 7.19. The van der Waals surface area contributed by atoms with E-state index in [0.29, 0.717) is 18.3 Å². The molecule has 0 saturated carbocycles. The zero-order valence-electron chi connectivity index (χ0n) is 39.1. The van der Waals surface area contributed by atoms with Crippen LogP contribution in [0.25, 0.3) is 0 Å². The third kappa shape index (κ3) is 27.8. The van der Waals surface area contributed by atoms with Crippen molar-refractivity contribution in [3.8, 4) is 11.5 Å². The minimum atomic E-state index is 0. The van der Waals surface area contributed by atoms with Crippen LogP contribution in [0.15, 0.2) is 48.5 Å². The van der Waals surface area contributed by atoms with Crippen LogP contribution in [0, 0.1) is 0 Å². The normalized spacial score (nSPS) is 11.0. The average Bonchev–Trinajstić information content (AvgIpc) is 3.22. The van der Waals surface area contributed by atoms with Gasteiger partial charge in [-0.25, -0.2) is 0 Å².